The number of hydrogen-bond donors (Lipinski definition) is 1. The number of benzene rings is 3. The molecule has 0 aliphatic rings. The van der Waals surface area contributed by atoms with E-state index in [0.29, 0.717) is 28.6 Å². The first-order chi connectivity index (χ1) is 14.9. The first-order valence-corrected chi connectivity index (χ1v) is 10.2. The molecule has 0 saturated heterocycles. The zero-order valence-corrected chi connectivity index (χ0v) is 18.5. The van der Waals surface area contributed by atoms with Crippen LogP contribution in [0.3, 0.4) is 0 Å². The lowest BCUT2D eigenvalue weighted by Gasteiger charge is -2.10. The van der Waals surface area contributed by atoms with Crippen LogP contribution >= 0.6 is 11.6 Å². The van der Waals surface area contributed by atoms with Gasteiger partial charge in [-0.3, -0.25) is 4.79 Å². The minimum absolute atomic E-state index is 0.00898. The number of carbonyl (C=O) groups excluding carboxylic acids is 1. The van der Waals surface area contributed by atoms with Crippen molar-refractivity contribution in [1.29, 1.82) is 5.26 Å². The Morgan fingerprint density at radius 1 is 1.03 bits per heavy atom. The number of aryl methyl sites for hydroxylation is 3. The van der Waals surface area contributed by atoms with Gasteiger partial charge in [-0.1, -0.05) is 59.6 Å². The number of rotatable bonds is 6. The van der Waals surface area contributed by atoms with Crippen molar-refractivity contribution in [3.8, 4) is 11.8 Å². The Morgan fingerprint density at radius 2 is 1.74 bits per heavy atom. The van der Waals surface area contributed by atoms with E-state index < -0.39 is 5.91 Å². The highest BCUT2D eigenvalue weighted by Gasteiger charge is 2.12. The maximum Gasteiger partial charge on any atom is 0.266 e. The number of ether oxygens (including phenoxy) is 1. The number of nitrogens with zero attached hydrogens (tertiary/aromatic N) is 1. The van der Waals surface area contributed by atoms with Gasteiger partial charge in [0, 0.05) is 5.69 Å². The van der Waals surface area contributed by atoms with Crippen LogP contribution in [-0.4, -0.2) is 5.91 Å². The fourth-order valence-electron chi connectivity index (χ4n) is 2.94. The maximum absolute atomic E-state index is 12.6. The average Bonchev–Trinajstić information content (AvgIpc) is 2.75. The maximum atomic E-state index is 12.6. The summed E-state index contributed by atoms with van der Waals surface area (Å²) in [6, 6.07) is 21.0. The monoisotopic (exact) mass is 430 g/mol. The quantitative estimate of drug-likeness (QED) is 0.364. The predicted octanol–water partition coefficient (Wildman–Crippen LogP) is 6.39. The van der Waals surface area contributed by atoms with Crippen LogP contribution in [0.5, 0.6) is 5.75 Å². The van der Waals surface area contributed by atoms with E-state index in [1.165, 1.54) is 11.6 Å². The smallest absolute Gasteiger partial charge is 0.266 e. The molecule has 0 bridgehead atoms. The Balaban J connectivity index is 1.72. The molecule has 0 fully saturated rings. The summed E-state index contributed by atoms with van der Waals surface area (Å²) in [7, 11) is 0. The highest BCUT2D eigenvalue weighted by molar-refractivity contribution is 6.32. The topological polar surface area (TPSA) is 62.1 Å². The van der Waals surface area contributed by atoms with Crippen molar-refractivity contribution in [3.05, 3.63) is 99.1 Å². The van der Waals surface area contributed by atoms with E-state index in [9.17, 15) is 10.1 Å². The lowest BCUT2D eigenvalue weighted by Crippen LogP contribution is -2.14. The molecule has 0 radical (unpaired) electrons. The van der Waals surface area contributed by atoms with Crippen LogP contribution in [0.4, 0.5) is 5.69 Å². The second kappa shape index (κ2) is 9.97. The Bertz CT molecular complexity index is 1180. The first kappa shape index (κ1) is 22.1. The third-order valence-corrected chi connectivity index (χ3v) is 5.08. The van der Waals surface area contributed by atoms with E-state index in [4.69, 9.17) is 16.3 Å². The molecular weight excluding hydrogens is 408 g/mol. The molecule has 1 N–H and O–H groups in total. The number of halogens is 1. The van der Waals surface area contributed by atoms with Crippen molar-refractivity contribution in [3.63, 3.8) is 0 Å². The molecule has 4 nitrogen and oxygen atoms in total. The summed E-state index contributed by atoms with van der Waals surface area (Å²) in [5.41, 5.74) is 5.49. The summed E-state index contributed by atoms with van der Waals surface area (Å²) >= 11 is 6.36. The molecule has 0 aliphatic carbocycles. The van der Waals surface area contributed by atoms with Gasteiger partial charge < -0.3 is 10.1 Å². The van der Waals surface area contributed by atoms with Crippen LogP contribution in [0, 0.1) is 32.1 Å². The highest BCUT2D eigenvalue weighted by atomic mass is 35.5. The lowest BCUT2D eigenvalue weighted by atomic mass is 10.1. The van der Waals surface area contributed by atoms with Crippen LogP contribution in [0.25, 0.3) is 6.08 Å². The third kappa shape index (κ3) is 5.97. The molecule has 0 aliphatic heterocycles. The first-order valence-electron chi connectivity index (χ1n) is 9.84. The van der Waals surface area contributed by atoms with E-state index in [1.807, 2.05) is 69.3 Å². The second-order valence-corrected chi connectivity index (χ2v) is 7.81. The van der Waals surface area contributed by atoms with E-state index in [0.717, 1.165) is 16.7 Å². The summed E-state index contributed by atoms with van der Waals surface area (Å²) < 4.78 is 5.80. The number of carbonyl (C=O) groups is 1. The molecular formula is C26H23ClN2O2. The van der Waals surface area contributed by atoms with Gasteiger partial charge in [-0.2, -0.15) is 5.26 Å². The minimum atomic E-state index is -0.466. The van der Waals surface area contributed by atoms with E-state index in [2.05, 4.69) is 5.32 Å². The standard InChI is InChI=1S/C26H23ClN2O2/c1-17-5-8-20(9-6-17)16-31-25-11-10-21(14-23(25)27)13-22(15-28)26(30)29-24-12-18(2)4-7-19(24)3/h4-14H,16H2,1-3H3,(H,29,30)/b22-13+. The van der Waals surface area contributed by atoms with E-state index >= 15 is 0 Å². The molecule has 1 amide bonds. The van der Waals surface area contributed by atoms with Gasteiger partial charge in [0.1, 0.15) is 24.0 Å². The molecule has 0 unspecified atom stereocenters. The second-order valence-electron chi connectivity index (χ2n) is 7.41. The molecule has 0 atom stereocenters. The number of nitrogens with one attached hydrogen (secondary N) is 1. The summed E-state index contributed by atoms with van der Waals surface area (Å²) in [4.78, 5) is 12.6. The summed E-state index contributed by atoms with van der Waals surface area (Å²) in [5.74, 6) is 0.0738. The SMILES string of the molecule is Cc1ccc(COc2ccc(/C=C(\C#N)C(=O)Nc3cc(C)ccc3C)cc2Cl)cc1. The van der Waals surface area contributed by atoms with Crippen molar-refractivity contribution in [1.82, 2.24) is 0 Å². The van der Waals surface area contributed by atoms with Crippen LogP contribution < -0.4 is 10.1 Å². The predicted molar refractivity (Wildman–Crippen MR) is 125 cm³/mol. The molecule has 3 rings (SSSR count). The zero-order chi connectivity index (χ0) is 22.4. The highest BCUT2D eigenvalue weighted by Crippen LogP contribution is 2.27. The van der Waals surface area contributed by atoms with Crippen LogP contribution in [0.15, 0.2) is 66.2 Å². The van der Waals surface area contributed by atoms with Crippen LogP contribution in [-0.2, 0) is 11.4 Å². The lowest BCUT2D eigenvalue weighted by molar-refractivity contribution is -0.112. The normalized spacial score (nSPS) is 11.0. The number of anilines is 1. The number of hydrogen-bond acceptors (Lipinski definition) is 3. The van der Waals surface area contributed by atoms with E-state index in [1.54, 1.807) is 18.2 Å². The minimum Gasteiger partial charge on any atom is -0.487 e. The Kier molecular flexibility index (Phi) is 7.12. The van der Waals surface area contributed by atoms with Gasteiger partial charge in [0.15, 0.2) is 0 Å². The van der Waals surface area contributed by atoms with Crippen molar-refractivity contribution < 1.29 is 9.53 Å². The van der Waals surface area contributed by atoms with Gasteiger partial charge in [0.2, 0.25) is 0 Å². The Labute approximate surface area is 187 Å². The van der Waals surface area contributed by atoms with Crippen molar-refractivity contribution in [2.24, 2.45) is 0 Å². The molecule has 0 saturated carbocycles. The molecule has 156 valence electrons. The van der Waals surface area contributed by atoms with Gasteiger partial charge >= 0.3 is 0 Å². The molecule has 31 heavy (non-hydrogen) atoms. The van der Waals surface area contributed by atoms with Crippen molar-refractivity contribution in [2.45, 2.75) is 27.4 Å². The Morgan fingerprint density at radius 3 is 2.42 bits per heavy atom. The molecule has 0 aromatic heterocycles. The van der Waals surface area contributed by atoms with Gasteiger partial charge in [-0.05, 0) is 67.3 Å². The van der Waals surface area contributed by atoms with Crippen molar-refractivity contribution in [2.75, 3.05) is 5.32 Å². The third-order valence-electron chi connectivity index (χ3n) is 4.79. The summed E-state index contributed by atoms with van der Waals surface area (Å²) in [6.07, 6.45) is 1.51. The Hall–Kier alpha value is -3.55. The molecule has 3 aromatic rings. The van der Waals surface area contributed by atoms with Crippen LogP contribution in [0.2, 0.25) is 5.02 Å². The van der Waals surface area contributed by atoms with Crippen molar-refractivity contribution >= 4 is 29.3 Å². The van der Waals surface area contributed by atoms with Gasteiger partial charge in [0.05, 0.1) is 5.02 Å². The number of nitriles is 1. The molecule has 0 heterocycles. The largest absolute Gasteiger partial charge is 0.487 e. The summed E-state index contributed by atoms with van der Waals surface area (Å²) in [6.45, 7) is 6.28. The molecule has 5 heteroatoms. The van der Waals surface area contributed by atoms with Gasteiger partial charge in [-0.25, -0.2) is 0 Å². The van der Waals surface area contributed by atoms with Crippen LogP contribution in [0.1, 0.15) is 27.8 Å². The fourth-order valence-corrected chi connectivity index (χ4v) is 3.19. The molecule has 3 aromatic carbocycles. The fraction of sp³-hybridized carbons (Fsp3) is 0.154. The van der Waals surface area contributed by atoms with Gasteiger partial charge in [-0.15, -0.1) is 0 Å². The van der Waals surface area contributed by atoms with E-state index in [-0.39, 0.29) is 5.57 Å². The zero-order valence-electron chi connectivity index (χ0n) is 17.7. The molecule has 0 spiro atoms. The average molecular weight is 431 g/mol. The summed E-state index contributed by atoms with van der Waals surface area (Å²) in [5, 5.41) is 12.7. The van der Waals surface area contributed by atoms with Gasteiger partial charge in [0.25, 0.3) is 5.91 Å². The number of amides is 1.